The highest BCUT2D eigenvalue weighted by Gasteiger charge is 2.09. The molecule has 2 aromatic rings. The second-order valence-electron chi connectivity index (χ2n) is 3.77. The van der Waals surface area contributed by atoms with E-state index in [0.29, 0.717) is 17.1 Å². The molecule has 0 amide bonds. The summed E-state index contributed by atoms with van der Waals surface area (Å²) in [4.78, 5) is 8.27. The quantitative estimate of drug-likeness (QED) is 0.652. The van der Waals surface area contributed by atoms with Gasteiger partial charge in [0.2, 0.25) is 0 Å². The smallest absolute Gasteiger partial charge is 0.162 e. The van der Waals surface area contributed by atoms with Crippen LogP contribution in [0.5, 0.6) is 0 Å². The van der Waals surface area contributed by atoms with Crippen LogP contribution < -0.4 is 11.3 Å². The molecule has 2 rings (SSSR count). The Morgan fingerprint density at radius 3 is 2.63 bits per heavy atom. The molecule has 0 fully saturated rings. The van der Waals surface area contributed by atoms with Gasteiger partial charge in [-0.2, -0.15) is 0 Å². The number of ether oxygens (including phenoxy) is 1. The summed E-state index contributed by atoms with van der Waals surface area (Å²) in [6.45, 7) is 0.258. The number of hydrogen-bond acceptors (Lipinski definition) is 5. The normalized spacial score (nSPS) is 10.5. The molecular weight excluding hydrogens is 254 g/mol. The van der Waals surface area contributed by atoms with Gasteiger partial charge in [0.15, 0.2) is 17.5 Å². The zero-order valence-electron chi connectivity index (χ0n) is 10.2. The van der Waals surface area contributed by atoms with Gasteiger partial charge in [-0.25, -0.2) is 24.6 Å². The molecule has 0 aliphatic carbocycles. The van der Waals surface area contributed by atoms with Crippen molar-refractivity contribution in [3.63, 3.8) is 0 Å². The van der Waals surface area contributed by atoms with Crippen LogP contribution in [-0.4, -0.2) is 17.1 Å². The fourth-order valence-electron chi connectivity index (χ4n) is 1.56. The summed E-state index contributed by atoms with van der Waals surface area (Å²) >= 11 is 0. The molecule has 0 saturated carbocycles. The SMILES string of the molecule is COCc1cc(NN)nc(-c2ccc(F)c(F)c2)n1. The fraction of sp³-hybridized carbons (Fsp3) is 0.167. The molecule has 1 aromatic carbocycles. The summed E-state index contributed by atoms with van der Waals surface area (Å²) in [5.41, 5.74) is 3.32. The predicted molar refractivity (Wildman–Crippen MR) is 65.9 cm³/mol. The number of nitrogens with zero attached hydrogens (tertiary/aromatic N) is 2. The fourth-order valence-corrected chi connectivity index (χ4v) is 1.56. The summed E-state index contributed by atoms with van der Waals surface area (Å²) in [5, 5.41) is 0. The van der Waals surface area contributed by atoms with Crippen molar-refractivity contribution in [2.75, 3.05) is 12.5 Å². The number of aromatic nitrogens is 2. The maximum Gasteiger partial charge on any atom is 0.162 e. The van der Waals surface area contributed by atoms with E-state index in [-0.39, 0.29) is 12.4 Å². The predicted octanol–water partition coefficient (Wildman–Crippen LogP) is 1.85. The molecule has 0 saturated heterocycles. The molecule has 0 radical (unpaired) electrons. The Hall–Kier alpha value is -2.12. The molecule has 3 N–H and O–H groups in total. The van der Waals surface area contributed by atoms with Crippen molar-refractivity contribution in [1.29, 1.82) is 0 Å². The van der Waals surface area contributed by atoms with Gasteiger partial charge in [0.1, 0.15) is 5.82 Å². The lowest BCUT2D eigenvalue weighted by Gasteiger charge is -2.07. The first kappa shape index (κ1) is 13.3. The number of nitrogens with two attached hydrogens (primary N) is 1. The molecule has 100 valence electrons. The van der Waals surface area contributed by atoms with Crippen molar-refractivity contribution in [3.05, 3.63) is 41.6 Å². The highest BCUT2D eigenvalue weighted by molar-refractivity contribution is 5.57. The van der Waals surface area contributed by atoms with Crippen molar-refractivity contribution in [2.45, 2.75) is 6.61 Å². The van der Waals surface area contributed by atoms with Crippen LogP contribution in [0.2, 0.25) is 0 Å². The van der Waals surface area contributed by atoms with Crippen LogP contribution in [0.15, 0.2) is 24.3 Å². The molecule has 19 heavy (non-hydrogen) atoms. The first-order chi connectivity index (χ1) is 9.13. The number of methoxy groups -OCH3 is 1. The van der Waals surface area contributed by atoms with Crippen LogP contribution >= 0.6 is 0 Å². The van der Waals surface area contributed by atoms with Crippen LogP contribution in [0.4, 0.5) is 14.6 Å². The molecule has 0 aliphatic rings. The number of rotatable bonds is 4. The first-order valence-electron chi connectivity index (χ1n) is 5.43. The number of nitrogen functional groups attached to an aromatic ring is 1. The van der Waals surface area contributed by atoms with E-state index in [9.17, 15) is 8.78 Å². The molecule has 0 bridgehead atoms. The summed E-state index contributed by atoms with van der Waals surface area (Å²) in [6, 6.07) is 5.05. The maximum atomic E-state index is 13.2. The van der Waals surface area contributed by atoms with Crippen LogP contribution in [0.1, 0.15) is 5.69 Å². The number of hydrogen-bond donors (Lipinski definition) is 2. The minimum absolute atomic E-state index is 0.237. The lowest BCUT2D eigenvalue weighted by Crippen LogP contribution is -2.11. The van der Waals surface area contributed by atoms with Gasteiger partial charge in [0.05, 0.1) is 12.3 Å². The number of hydrazine groups is 1. The lowest BCUT2D eigenvalue weighted by molar-refractivity contribution is 0.181. The molecule has 0 atom stereocenters. The second kappa shape index (κ2) is 5.68. The maximum absolute atomic E-state index is 13.2. The summed E-state index contributed by atoms with van der Waals surface area (Å²) in [7, 11) is 1.52. The zero-order valence-corrected chi connectivity index (χ0v) is 10.2. The molecule has 1 aromatic heterocycles. The summed E-state index contributed by atoms with van der Waals surface area (Å²) in [5.74, 6) is 4.02. The van der Waals surface area contributed by atoms with Crippen LogP contribution in [0.3, 0.4) is 0 Å². The van der Waals surface area contributed by atoms with E-state index in [1.54, 1.807) is 6.07 Å². The van der Waals surface area contributed by atoms with Crippen molar-refractivity contribution in [3.8, 4) is 11.4 Å². The van der Waals surface area contributed by atoms with Gasteiger partial charge in [-0.05, 0) is 18.2 Å². The average molecular weight is 266 g/mol. The van der Waals surface area contributed by atoms with Gasteiger partial charge in [-0.3, -0.25) is 0 Å². The van der Waals surface area contributed by atoms with Gasteiger partial charge in [0.25, 0.3) is 0 Å². The molecular formula is C12H12F2N4O. The largest absolute Gasteiger partial charge is 0.378 e. The Bertz CT molecular complexity index is 592. The minimum atomic E-state index is -0.958. The third-order valence-corrected chi connectivity index (χ3v) is 2.40. The molecule has 0 spiro atoms. The van der Waals surface area contributed by atoms with Gasteiger partial charge in [-0.15, -0.1) is 0 Å². The van der Waals surface area contributed by atoms with Gasteiger partial charge >= 0.3 is 0 Å². The average Bonchev–Trinajstić information content (AvgIpc) is 2.42. The first-order valence-corrected chi connectivity index (χ1v) is 5.43. The zero-order chi connectivity index (χ0) is 13.8. The van der Waals surface area contributed by atoms with E-state index in [4.69, 9.17) is 10.6 Å². The topological polar surface area (TPSA) is 73.1 Å². The van der Waals surface area contributed by atoms with E-state index >= 15 is 0 Å². The van der Waals surface area contributed by atoms with Gasteiger partial charge < -0.3 is 10.2 Å². The molecule has 1 heterocycles. The van der Waals surface area contributed by atoms with E-state index in [1.165, 1.54) is 13.2 Å². The Balaban J connectivity index is 2.47. The van der Waals surface area contributed by atoms with Crippen molar-refractivity contribution < 1.29 is 13.5 Å². The standard InChI is InChI=1S/C12H12F2N4O/c1-19-6-8-5-11(18-15)17-12(16-8)7-2-3-9(13)10(14)4-7/h2-5H,6,15H2,1H3,(H,16,17,18). The van der Waals surface area contributed by atoms with Crippen molar-refractivity contribution >= 4 is 5.82 Å². The Labute approximate surface area is 108 Å². The van der Waals surface area contributed by atoms with Crippen molar-refractivity contribution in [2.24, 2.45) is 5.84 Å². The van der Waals surface area contributed by atoms with E-state index < -0.39 is 11.6 Å². The van der Waals surface area contributed by atoms with Gasteiger partial charge in [0, 0.05) is 18.7 Å². The highest BCUT2D eigenvalue weighted by Crippen LogP contribution is 2.20. The molecule has 0 unspecified atom stereocenters. The van der Waals surface area contributed by atoms with E-state index in [1.807, 2.05) is 0 Å². The Morgan fingerprint density at radius 2 is 2.00 bits per heavy atom. The van der Waals surface area contributed by atoms with E-state index in [2.05, 4.69) is 15.4 Å². The number of nitrogens with one attached hydrogen (secondary N) is 1. The summed E-state index contributed by atoms with van der Waals surface area (Å²) in [6.07, 6.45) is 0. The van der Waals surface area contributed by atoms with Crippen LogP contribution in [0.25, 0.3) is 11.4 Å². The van der Waals surface area contributed by atoms with Crippen LogP contribution in [-0.2, 0) is 11.3 Å². The molecule has 5 nitrogen and oxygen atoms in total. The van der Waals surface area contributed by atoms with Gasteiger partial charge in [-0.1, -0.05) is 0 Å². The Morgan fingerprint density at radius 1 is 1.21 bits per heavy atom. The third-order valence-electron chi connectivity index (χ3n) is 2.40. The second-order valence-corrected chi connectivity index (χ2v) is 3.77. The number of anilines is 1. The van der Waals surface area contributed by atoms with E-state index in [0.717, 1.165) is 12.1 Å². The summed E-state index contributed by atoms with van der Waals surface area (Å²) < 4.78 is 31.1. The highest BCUT2D eigenvalue weighted by atomic mass is 19.2. The number of halogens is 2. The minimum Gasteiger partial charge on any atom is -0.378 e. The Kier molecular flexibility index (Phi) is 3.98. The third kappa shape index (κ3) is 3.01. The molecule has 0 aliphatic heterocycles. The number of benzene rings is 1. The van der Waals surface area contributed by atoms with Crippen molar-refractivity contribution in [1.82, 2.24) is 9.97 Å². The molecule has 7 heteroatoms. The lowest BCUT2D eigenvalue weighted by atomic mass is 10.2. The van der Waals surface area contributed by atoms with Crippen LogP contribution in [0, 0.1) is 11.6 Å². The monoisotopic (exact) mass is 266 g/mol.